The number of ether oxygens (including phenoxy) is 1. The number of benzene rings is 3. The molecule has 0 unspecified atom stereocenters. The molecule has 3 amide bonds. The highest BCUT2D eigenvalue weighted by molar-refractivity contribution is 6.39. The molecule has 9 nitrogen and oxygen atoms in total. The van der Waals surface area contributed by atoms with Crippen LogP contribution in [0.25, 0.3) is 11.3 Å². The molecule has 200 valence electrons. The Kier molecular flexibility index (Phi) is 8.10. The van der Waals surface area contributed by atoms with E-state index in [-0.39, 0.29) is 5.91 Å². The average Bonchev–Trinajstić information content (AvgIpc) is 3.44. The summed E-state index contributed by atoms with van der Waals surface area (Å²) in [6.07, 6.45) is 3.34. The van der Waals surface area contributed by atoms with Gasteiger partial charge in [0.05, 0.1) is 18.9 Å². The van der Waals surface area contributed by atoms with Crippen molar-refractivity contribution < 1.29 is 23.5 Å². The van der Waals surface area contributed by atoms with Gasteiger partial charge >= 0.3 is 11.8 Å². The second-order valence-electron chi connectivity index (χ2n) is 9.77. The molecule has 3 N–H and O–H groups in total. The molecule has 3 aromatic carbocycles. The summed E-state index contributed by atoms with van der Waals surface area (Å²) >= 11 is 0. The first-order valence-electron chi connectivity index (χ1n) is 12.3. The average molecular weight is 527 g/mol. The van der Waals surface area contributed by atoms with Gasteiger partial charge in [-0.25, -0.2) is 4.98 Å². The number of aromatic nitrogens is 1. The smallest absolute Gasteiger partial charge is 0.313 e. The molecule has 0 atom stereocenters. The summed E-state index contributed by atoms with van der Waals surface area (Å²) in [6.45, 7) is 5.63. The van der Waals surface area contributed by atoms with Crippen LogP contribution < -0.4 is 20.7 Å². The number of hydrogen-bond acceptors (Lipinski definition) is 6. The molecule has 9 heteroatoms. The van der Waals surface area contributed by atoms with E-state index in [2.05, 4.69) is 20.9 Å². The number of rotatable bonds is 8. The van der Waals surface area contributed by atoms with Crippen LogP contribution in [-0.2, 0) is 16.0 Å². The number of hydrogen-bond donors (Lipinski definition) is 3. The number of oxazole rings is 1. The predicted octanol–water partition coefficient (Wildman–Crippen LogP) is 4.99. The van der Waals surface area contributed by atoms with Gasteiger partial charge in [-0.2, -0.15) is 0 Å². The van der Waals surface area contributed by atoms with Crippen LogP contribution in [0.3, 0.4) is 0 Å². The topological polar surface area (TPSA) is 123 Å². The van der Waals surface area contributed by atoms with E-state index in [9.17, 15) is 14.4 Å². The molecule has 39 heavy (non-hydrogen) atoms. The van der Waals surface area contributed by atoms with Crippen LogP contribution in [0.2, 0.25) is 0 Å². The van der Waals surface area contributed by atoms with Crippen molar-refractivity contribution in [1.82, 2.24) is 10.3 Å². The lowest BCUT2D eigenvalue weighted by molar-refractivity contribution is -0.137. The van der Waals surface area contributed by atoms with E-state index in [0.717, 1.165) is 11.1 Å². The van der Waals surface area contributed by atoms with Crippen molar-refractivity contribution in [3.8, 4) is 17.1 Å². The molecule has 0 spiro atoms. The Hall–Kier alpha value is -4.92. The zero-order chi connectivity index (χ0) is 28.0. The van der Waals surface area contributed by atoms with E-state index in [1.807, 2.05) is 57.2 Å². The molecule has 0 radical (unpaired) electrons. The first kappa shape index (κ1) is 27.1. The number of anilines is 2. The molecule has 0 saturated heterocycles. The first-order valence-corrected chi connectivity index (χ1v) is 12.3. The minimum atomic E-state index is -0.799. The van der Waals surface area contributed by atoms with E-state index in [1.54, 1.807) is 36.5 Å². The van der Waals surface area contributed by atoms with Gasteiger partial charge in [0, 0.05) is 28.5 Å². The van der Waals surface area contributed by atoms with Crippen molar-refractivity contribution >= 4 is 29.1 Å². The molecule has 4 aromatic rings. The van der Waals surface area contributed by atoms with Gasteiger partial charge in [0.25, 0.3) is 5.91 Å². The zero-order valence-corrected chi connectivity index (χ0v) is 22.2. The highest BCUT2D eigenvalue weighted by atomic mass is 16.5. The van der Waals surface area contributed by atoms with Gasteiger partial charge < -0.3 is 25.1 Å². The van der Waals surface area contributed by atoms with Gasteiger partial charge in [-0.1, -0.05) is 29.8 Å². The molecule has 4 rings (SSSR count). The molecule has 0 saturated carbocycles. The zero-order valence-electron chi connectivity index (χ0n) is 22.2. The van der Waals surface area contributed by atoms with Crippen LogP contribution in [-0.4, -0.2) is 35.4 Å². The van der Waals surface area contributed by atoms with E-state index in [0.29, 0.717) is 40.4 Å². The fourth-order valence-corrected chi connectivity index (χ4v) is 4.04. The summed E-state index contributed by atoms with van der Waals surface area (Å²) in [5.41, 5.74) is 3.61. The standard InChI is InChI=1S/C30H30N4O5/c1-19-5-9-21(10-6-19)27(35)32-22-11-7-20(8-12-22)16-30(2,3)34-29(37)28(36)33-23-13-14-24(25(15-23)38-4)26-17-31-18-39-26/h5-15,17-18H,16H2,1-4H3,(H,32,35)(H,33,36)(H,34,37). The number of amides is 3. The number of nitrogens with zero attached hydrogens (tertiary/aromatic N) is 1. The van der Waals surface area contributed by atoms with E-state index >= 15 is 0 Å². The second kappa shape index (κ2) is 11.6. The Morgan fingerprint density at radius 1 is 0.897 bits per heavy atom. The van der Waals surface area contributed by atoms with Gasteiger partial charge in [-0.05, 0) is 69.2 Å². The summed E-state index contributed by atoms with van der Waals surface area (Å²) in [5.74, 6) is -0.770. The molecule has 1 heterocycles. The highest BCUT2D eigenvalue weighted by Gasteiger charge is 2.25. The van der Waals surface area contributed by atoms with Crippen molar-refractivity contribution in [2.75, 3.05) is 17.7 Å². The number of methoxy groups -OCH3 is 1. The predicted molar refractivity (Wildman–Crippen MR) is 149 cm³/mol. The van der Waals surface area contributed by atoms with Crippen molar-refractivity contribution in [3.05, 3.63) is 96.0 Å². The lowest BCUT2D eigenvalue weighted by atomic mass is 9.94. The number of aryl methyl sites for hydroxylation is 1. The molecule has 1 aromatic heterocycles. The molecule has 0 fully saturated rings. The normalized spacial score (nSPS) is 11.0. The maximum Gasteiger partial charge on any atom is 0.313 e. The Labute approximate surface area is 226 Å². The SMILES string of the molecule is COc1cc(NC(=O)C(=O)NC(C)(C)Cc2ccc(NC(=O)c3ccc(C)cc3)cc2)ccc1-c1cnco1. The summed E-state index contributed by atoms with van der Waals surface area (Å²) in [7, 11) is 1.50. The monoisotopic (exact) mass is 526 g/mol. The number of carbonyl (C=O) groups excluding carboxylic acids is 3. The Morgan fingerprint density at radius 2 is 1.59 bits per heavy atom. The third-order valence-electron chi connectivity index (χ3n) is 5.99. The molecule has 0 bridgehead atoms. The molecular formula is C30H30N4O5. The summed E-state index contributed by atoms with van der Waals surface area (Å²) in [4.78, 5) is 41.6. The van der Waals surface area contributed by atoms with E-state index < -0.39 is 17.4 Å². The van der Waals surface area contributed by atoms with Gasteiger partial charge in [0.1, 0.15) is 5.75 Å². The van der Waals surface area contributed by atoms with Gasteiger partial charge in [-0.3, -0.25) is 14.4 Å². The van der Waals surface area contributed by atoms with E-state index in [1.165, 1.54) is 13.5 Å². The van der Waals surface area contributed by atoms with Crippen LogP contribution in [0, 0.1) is 6.92 Å². The van der Waals surface area contributed by atoms with Gasteiger partial charge in [-0.15, -0.1) is 0 Å². The lowest BCUT2D eigenvalue weighted by Crippen LogP contribution is -2.49. The summed E-state index contributed by atoms with van der Waals surface area (Å²) in [5, 5.41) is 8.26. The van der Waals surface area contributed by atoms with Crippen LogP contribution >= 0.6 is 0 Å². The number of carbonyl (C=O) groups is 3. The van der Waals surface area contributed by atoms with E-state index in [4.69, 9.17) is 9.15 Å². The lowest BCUT2D eigenvalue weighted by Gasteiger charge is -2.26. The molecule has 0 aliphatic heterocycles. The Morgan fingerprint density at radius 3 is 2.23 bits per heavy atom. The van der Waals surface area contributed by atoms with Crippen LogP contribution in [0.1, 0.15) is 35.3 Å². The fourth-order valence-electron chi connectivity index (χ4n) is 4.04. The van der Waals surface area contributed by atoms with Crippen LogP contribution in [0.4, 0.5) is 11.4 Å². The van der Waals surface area contributed by atoms with Crippen LogP contribution in [0.5, 0.6) is 5.75 Å². The largest absolute Gasteiger partial charge is 0.496 e. The fraction of sp³-hybridized carbons (Fsp3) is 0.200. The first-order chi connectivity index (χ1) is 18.6. The molecule has 0 aliphatic rings. The highest BCUT2D eigenvalue weighted by Crippen LogP contribution is 2.32. The summed E-state index contributed by atoms with van der Waals surface area (Å²) in [6, 6.07) is 19.7. The second-order valence-corrected chi connectivity index (χ2v) is 9.77. The maximum atomic E-state index is 12.7. The Bertz CT molecular complexity index is 1460. The summed E-state index contributed by atoms with van der Waals surface area (Å²) < 4.78 is 10.7. The Balaban J connectivity index is 1.32. The van der Waals surface area contributed by atoms with Crippen molar-refractivity contribution in [3.63, 3.8) is 0 Å². The van der Waals surface area contributed by atoms with Gasteiger partial charge in [0.15, 0.2) is 12.2 Å². The third kappa shape index (κ3) is 7.10. The maximum absolute atomic E-state index is 12.7. The number of nitrogens with one attached hydrogen (secondary N) is 3. The minimum Gasteiger partial charge on any atom is -0.496 e. The third-order valence-corrected chi connectivity index (χ3v) is 5.99. The van der Waals surface area contributed by atoms with Crippen molar-refractivity contribution in [2.24, 2.45) is 0 Å². The quantitative estimate of drug-likeness (QED) is 0.278. The van der Waals surface area contributed by atoms with Crippen molar-refractivity contribution in [1.29, 1.82) is 0 Å². The molecule has 0 aliphatic carbocycles. The molecular weight excluding hydrogens is 496 g/mol. The van der Waals surface area contributed by atoms with Crippen LogP contribution in [0.15, 0.2) is 83.7 Å². The van der Waals surface area contributed by atoms with Gasteiger partial charge in [0.2, 0.25) is 0 Å². The minimum absolute atomic E-state index is 0.188. The van der Waals surface area contributed by atoms with Crippen molar-refractivity contribution in [2.45, 2.75) is 32.7 Å².